The fraction of sp³-hybridized carbons (Fsp3) is 0.235. The molecule has 0 aliphatic carbocycles. The zero-order valence-electron chi connectivity index (χ0n) is 22.7. The first-order valence-electron chi connectivity index (χ1n) is 13.1. The van der Waals surface area contributed by atoms with Crippen molar-refractivity contribution in [3.05, 3.63) is 131 Å². The number of benzene rings is 4. The minimum absolute atomic E-state index is 0.252. The second-order valence-electron chi connectivity index (χ2n) is 12.0. The molecule has 0 atom stereocenters. The molecule has 36 heavy (non-hydrogen) atoms. The first kappa shape index (κ1) is 26.5. The van der Waals surface area contributed by atoms with E-state index < -0.39 is 24.3 Å². The minimum atomic E-state index is -2.57. The Balaban J connectivity index is 2.24. The first-order chi connectivity index (χ1) is 17.1. The van der Waals surface area contributed by atoms with Gasteiger partial charge in [0.1, 0.15) is 0 Å². The maximum atomic E-state index is 2.63. The second kappa shape index (κ2) is 10.8. The van der Waals surface area contributed by atoms with Gasteiger partial charge in [-0.25, -0.2) is 0 Å². The molecule has 0 saturated carbocycles. The zero-order chi connectivity index (χ0) is 25.8. The number of rotatable bonds is 6. The van der Waals surface area contributed by atoms with Gasteiger partial charge in [-0.3, -0.25) is 0 Å². The molecule has 0 unspecified atom stereocenters. The van der Waals surface area contributed by atoms with Crippen LogP contribution in [-0.4, -0.2) is 24.3 Å². The van der Waals surface area contributed by atoms with Crippen molar-refractivity contribution >= 4 is 45.9 Å². The molecule has 0 N–H and O–H groups in total. The van der Waals surface area contributed by atoms with Crippen LogP contribution in [0.1, 0.15) is 47.1 Å². The van der Waals surface area contributed by atoms with Gasteiger partial charge in [0.15, 0.2) is 0 Å². The van der Waals surface area contributed by atoms with Crippen LogP contribution in [0.3, 0.4) is 0 Å². The van der Waals surface area contributed by atoms with Gasteiger partial charge >= 0.3 is 226 Å². The predicted molar refractivity (Wildman–Crippen MR) is 164 cm³/mol. The van der Waals surface area contributed by atoms with Gasteiger partial charge in [-0.05, 0) is 0 Å². The van der Waals surface area contributed by atoms with E-state index in [0.717, 1.165) is 0 Å². The SMILES string of the molecule is C[C](C)(C)[Ga](/[C](=C\c1ccccc1)[Si](c1ccccc1)(c1ccccc1)c1ccccc1)[C](C)(C)C. The molecule has 0 spiro atoms. The maximum absolute atomic E-state index is 2.63. The molecular formula is C34H39GaSi. The fourth-order valence-electron chi connectivity index (χ4n) is 6.43. The third-order valence-corrected chi connectivity index (χ3v) is 25.0. The van der Waals surface area contributed by atoms with Crippen LogP contribution >= 0.6 is 0 Å². The van der Waals surface area contributed by atoms with Crippen molar-refractivity contribution in [2.24, 2.45) is 0 Å². The monoisotopic (exact) mass is 544 g/mol. The van der Waals surface area contributed by atoms with E-state index in [1.54, 1.807) is 3.75 Å². The predicted octanol–water partition coefficient (Wildman–Crippen LogP) is 7.41. The number of hydrogen-bond donors (Lipinski definition) is 0. The topological polar surface area (TPSA) is 0 Å². The molecule has 0 fully saturated rings. The summed E-state index contributed by atoms with van der Waals surface area (Å²) < 4.78 is 2.26. The molecule has 0 aliphatic rings. The van der Waals surface area contributed by atoms with Crippen LogP contribution in [0.5, 0.6) is 0 Å². The van der Waals surface area contributed by atoms with Gasteiger partial charge in [-0.2, -0.15) is 0 Å². The second-order valence-corrected chi connectivity index (χ2v) is 27.4. The molecule has 4 rings (SSSR count). The van der Waals surface area contributed by atoms with Crippen molar-refractivity contribution in [2.45, 2.75) is 49.5 Å². The van der Waals surface area contributed by atoms with Crippen molar-refractivity contribution in [1.82, 2.24) is 0 Å². The average molecular weight is 545 g/mol. The summed E-state index contributed by atoms with van der Waals surface area (Å²) in [7, 11) is -2.57. The van der Waals surface area contributed by atoms with Gasteiger partial charge in [-0.15, -0.1) is 0 Å². The third-order valence-electron chi connectivity index (χ3n) is 7.22. The van der Waals surface area contributed by atoms with Crippen LogP contribution in [-0.2, 0) is 0 Å². The first-order valence-corrected chi connectivity index (χ1v) is 18.7. The Kier molecular flexibility index (Phi) is 7.99. The summed E-state index contributed by atoms with van der Waals surface area (Å²) in [5, 5.41) is 4.44. The molecule has 182 valence electrons. The van der Waals surface area contributed by atoms with Crippen LogP contribution in [0.2, 0.25) is 7.94 Å². The van der Waals surface area contributed by atoms with Crippen LogP contribution in [0.25, 0.3) is 6.08 Å². The normalized spacial score (nSPS) is 12.9. The van der Waals surface area contributed by atoms with Crippen LogP contribution in [0.15, 0.2) is 125 Å². The summed E-state index contributed by atoms with van der Waals surface area (Å²) in [6.45, 7) is 15.0. The van der Waals surface area contributed by atoms with Crippen LogP contribution in [0.4, 0.5) is 0 Å². The zero-order valence-corrected chi connectivity index (χ0v) is 26.1. The quantitative estimate of drug-likeness (QED) is 0.175. The Morgan fingerprint density at radius 1 is 0.500 bits per heavy atom. The van der Waals surface area contributed by atoms with Gasteiger partial charge in [0.2, 0.25) is 0 Å². The molecule has 4 aromatic carbocycles. The van der Waals surface area contributed by atoms with E-state index >= 15 is 0 Å². The van der Waals surface area contributed by atoms with Gasteiger partial charge < -0.3 is 0 Å². The molecule has 0 heterocycles. The van der Waals surface area contributed by atoms with Gasteiger partial charge in [-0.1, -0.05) is 0 Å². The van der Waals surface area contributed by atoms with E-state index in [4.69, 9.17) is 0 Å². The molecule has 0 amide bonds. The van der Waals surface area contributed by atoms with Gasteiger partial charge in [0.25, 0.3) is 0 Å². The molecule has 0 nitrogen and oxygen atoms in total. The summed E-state index contributed by atoms with van der Waals surface area (Å²) in [5.41, 5.74) is 1.32. The summed E-state index contributed by atoms with van der Waals surface area (Å²) >= 11 is -2.29. The van der Waals surface area contributed by atoms with Crippen LogP contribution in [0, 0.1) is 0 Å². The molecular weight excluding hydrogens is 506 g/mol. The van der Waals surface area contributed by atoms with E-state index in [1.165, 1.54) is 21.1 Å². The Labute approximate surface area is 225 Å². The Morgan fingerprint density at radius 2 is 0.806 bits per heavy atom. The summed E-state index contributed by atoms with van der Waals surface area (Å²) in [6, 6.07) is 45.3. The van der Waals surface area contributed by atoms with E-state index in [-0.39, 0.29) is 7.94 Å². The third kappa shape index (κ3) is 5.41. The van der Waals surface area contributed by atoms with E-state index in [9.17, 15) is 0 Å². The van der Waals surface area contributed by atoms with Crippen molar-refractivity contribution < 1.29 is 0 Å². The van der Waals surface area contributed by atoms with E-state index in [0.29, 0.717) is 0 Å². The van der Waals surface area contributed by atoms with Crippen LogP contribution < -0.4 is 15.6 Å². The summed E-state index contributed by atoms with van der Waals surface area (Å²) in [5.74, 6) is 0. The van der Waals surface area contributed by atoms with Crippen molar-refractivity contribution in [3.63, 3.8) is 0 Å². The van der Waals surface area contributed by atoms with Crippen molar-refractivity contribution in [2.75, 3.05) is 0 Å². The molecule has 0 saturated heterocycles. The fourth-order valence-corrected chi connectivity index (χ4v) is 31.8. The van der Waals surface area contributed by atoms with E-state index in [1.807, 2.05) is 0 Å². The van der Waals surface area contributed by atoms with Gasteiger partial charge in [0.05, 0.1) is 0 Å². The molecule has 0 bridgehead atoms. The molecule has 0 aliphatic heterocycles. The average Bonchev–Trinajstić information content (AvgIpc) is 2.85. The van der Waals surface area contributed by atoms with Gasteiger partial charge in [0, 0.05) is 0 Å². The molecule has 0 aromatic heterocycles. The summed E-state index contributed by atoms with van der Waals surface area (Å²) in [6.07, 6.45) is 2.63. The number of hydrogen-bond acceptors (Lipinski definition) is 0. The molecule has 0 radical (unpaired) electrons. The Hall–Kier alpha value is -2.53. The van der Waals surface area contributed by atoms with E-state index in [2.05, 4.69) is 169 Å². The van der Waals surface area contributed by atoms with Crippen molar-refractivity contribution in [3.8, 4) is 0 Å². The molecule has 2 heteroatoms. The van der Waals surface area contributed by atoms with Crippen molar-refractivity contribution in [1.29, 1.82) is 0 Å². The Morgan fingerprint density at radius 3 is 1.11 bits per heavy atom. The molecule has 4 aromatic rings. The Bertz CT molecular complexity index is 1150. The summed E-state index contributed by atoms with van der Waals surface area (Å²) in [4.78, 5) is 0. The standard InChI is InChI=1S/C26H21Si.2C4H9.Ga/c1-5-13-23(14-6-1)21-22-27(24-15-7-2-8-16-24,25-17-9-3-10-18-25)26-19-11-4-12-20-26;2*1-4(2)3;/h1-21H;2*1-3H3;.